The molecule has 216 valence electrons. The number of anilines is 1. The van der Waals surface area contributed by atoms with Crippen molar-refractivity contribution in [3.8, 4) is 17.1 Å². The van der Waals surface area contributed by atoms with Crippen LogP contribution in [0.15, 0.2) is 101 Å². The maximum atomic E-state index is 13.5. The van der Waals surface area contributed by atoms with E-state index in [1.807, 2.05) is 78.2 Å². The van der Waals surface area contributed by atoms with E-state index < -0.39 is 0 Å². The highest BCUT2D eigenvalue weighted by Gasteiger charge is 2.22. The summed E-state index contributed by atoms with van der Waals surface area (Å²) in [6.07, 6.45) is 1.94. The van der Waals surface area contributed by atoms with Crippen molar-refractivity contribution in [2.75, 3.05) is 5.32 Å². The maximum Gasteiger partial charge on any atom is 0.256 e. The first-order valence-corrected chi connectivity index (χ1v) is 15.2. The number of rotatable bonds is 6. The standard InChI is InChI=1S/C33H28Cl2N6OS/c1-20-11-13-22(14-12-20)41-29(18-27(39-41)33(2,3)4)36-32(42)21-7-5-8-23(17-21)43-24-15-16-28-37-38-31(40(28)19-24)30-25(34)9-6-10-26(30)35/h5-19H,1-4H3,(H,36,42). The number of pyridine rings is 1. The van der Waals surface area contributed by atoms with Gasteiger partial charge in [-0.05, 0) is 61.5 Å². The molecular weight excluding hydrogens is 599 g/mol. The van der Waals surface area contributed by atoms with Crippen LogP contribution >= 0.6 is 35.0 Å². The van der Waals surface area contributed by atoms with Gasteiger partial charge in [-0.1, -0.05) is 85.6 Å². The molecule has 10 heteroatoms. The highest BCUT2D eigenvalue weighted by atomic mass is 35.5. The summed E-state index contributed by atoms with van der Waals surface area (Å²) >= 11 is 14.4. The normalized spacial score (nSPS) is 11.7. The van der Waals surface area contributed by atoms with Crippen LogP contribution < -0.4 is 5.32 Å². The van der Waals surface area contributed by atoms with Crippen molar-refractivity contribution in [1.29, 1.82) is 0 Å². The number of benzene rings is 3. The van der Waals surface area contributed by atoms with E-state index in [-0.39, 0.29) is 11.3 Å². The first-order chi connectivity index (χ1) is 20.6. The molecule has 1 amide bonds. The number of aryl methyl sites for hydroxylation is 1. The maximum absolute atomic E-state index is 13.5. The fourth-order valence-corrected chi connectivity index (χ4v) is 6.02. The van der Waals surface area contributed by atoms with Crippen molar-refractivity contribution in [3.63, 3.8) is 0 Å². The van der Waals surface area contributed by atoms with E-state index in [4.69, 9.17) is 28.3 Å². The van der Waals surface area contributed by atoms with Gasteiger partial charge in [0.1, 0.15) is 5.82 Å². The van der Waals surface area contributed by atoms with Crippen molar-refractivity contribution < 1.29 is 4.79 Å². The third-order valence-corrected chi connectivity index (χ3v) is 8.49. The van der Waals surface area contributed by atoms with Gasteiger partial charge in [0.2, 0.25) is 0 Å². The van der Waals surface area contributed by atoms with Gasteiger partial charge in [0.05, 0.1) is 27.0 Å². The molecule has 0 spiro atoms. The molecule has 0 aliphatic carbocycles. The summed E-state index contributed by atoms with van der Waals surface area (Å²) in [5.41, 5.74) is 4.56. The molecule has 0 aliphatic rings. The smallest absolute Gasteiger partial charge is 0.256 e. The first-order valence-electron chi connectivity index (χ1n) is 13.6. The first kappa shape index (κ1) is 29.0. The number of nitrogens with one attached hydrogen (secondary N) is 1. The molecule has 3 aromatic carbocycles. The summed E-state index contributed by atoms with van der Waals surface area (Å²) in [6.45, 7) is 8.35. The second-order valence-corrected chi connectivity index (χ2v) is 13.2. The van der Waals surface area contributed by atoms with Crippen molar-refractivity contribution in [2.45, 2.75) is 42.9 Å². The SMILES string of the molecule is Cc1ccc(-n2nc(C(C)(C)C)cc2NC(=O)c2cccc(Sc3ccc4nnc(-c5c(Cl)cccc5Cl)n4c3)c2)cc1. The molecule has 3 heterocycles. The van der Waals surface area contributed by atoms with Gasteiger partial charge in [0.15, 0.2) is 11.5 Å². The Hall–Kier alpha value is -4.11. The molecule has 1 N–H and O–H groups in total. The lowest BCUT2D eigenvalue weighted by molar-refractivity contribution is 0.102. The van der Waals surface area contributed by atoms with E-state index in [1.54, 1.807) is 28.9 Å². The average Bonchev–Trinajstić information content (AvgIpc) is 3.58. The Morgan fingerprint density at radius 1 is 0.860 bits per heavy atom. The van der Waals surface area contributed by atoms with Gasteiger partial charge in [0, 0.05) is 33.0 Å². The number of amides is 1. The summed E-state index contributed by atoms with van der Waals surface area (Å²) in [4.78, 5) is 15.3. The molecule has 3 aromatic heterocycles. The van der Waals surface area contributed by atoms with Crippen LogP contribution in [0.4, 0.5) is 5.82 Å². The van der Waals surface area contributed by atoms with E-state index in [0.717, 1.165) is 26.7 Å². The molecule has 0 saturated carbocycles. The zero-order chi connectivity index (χ0) is 30.3. The number of hydrogen-bond acceptors (Lipinski definition) is 5. The van der Waals surface area contributed by atoms with Gasteiger partial charge < -0.3 is 5.32 Å². The number of carbonyl (C=O) groups excluding carboxylic acids is 1. The van der Waals surface area contributed by atoms with E-state index in [1.165, 1.54) is 11.8 Å². The fourth-order valence-electron chi connectivity index (χ4n) is 4.56. The molecule has 0 atom stereocenters. The molecule has 7 nitrogen and oxygen atoms in total. The van der Waals surface area contributed by atoms with E-state index in [0.29, 0.717) is 38.5 Å². The van der Waals surface area contributed by atoms with Crippen molar-refractivity contribution in [1.82, 2.24) is 24.4 Å². The number of carbonyl (C=O) groups is 1. The lowest BCUT2D eigenvalue weighted by atomic mass is 9.92. The van der Waals surface area contributed by atoms with Gasteiger partial charge in [-0.3, -0.25) is 9.20 Å². The van der Waals surface area contributed by atoms with E-state index in [2.05, 4.69) is 36.3 Å². The minimum atomic E-state index is -0.221. The number of nitrogens with zero attached hydrogens (tertiary/aromatic N) is 5. The number of aromatic nitrogens is 5. The monoisotopic (exact) mass is 626 g/mol. The Morgan fingerprint density at radius 3 is 2.30 bits per heavy atom. The molecule has 0 aliphatic heterocycles. The van der Waals surface area contributed by atoms with Crippen LogP contribution in [0.5, 0.6) is 0 Å². The van der Waals surface area contributed by atoms with E-state index >= 15 is 0 Å². The minimum Gasteiger partial charge on any atom is -0.306 e. The topological polar surface area (TPSA) is 77.1 Å². The summed E-state index contributed by atoms with van der Waals surface area (Å²) in [5.74, 6) is 0.947. The Bertz CT molecular complexity index is 1950. The highest BCUT2D eigenvalue weighted by molar-refractivity contribution is 7.99. The molecule has 0 unspecified atom stereocenters. The molecule has 6 aromatic rings. The summed E-state index contributed by atoms with van der Waals surface area (Å²) in [5, 5.41) is 17.5. The Balaban J connectivity index is 1.27. The van der Waals surface area contributed by atoms with Gasteiger partial charge in [-0.15, -0.1) is 10.2 Å². The van der Waals surface area contributed by atoms with E-state index in [9.17, 15) is 4.79 Å². The minimum absolute atomic E-state index is 0.186. The zero-order valence-electron chi connectivity index (χ0n) is 24.0. The molecule has 0 fully saturated rings. The highest BCUT2D eigenvalue weighted by Crippen LogP contribution is 2.35. The quantitative estimate of drug-likeness (QED) is 0.200. The Kier molecular flexibility index (Phi) is 7.77. The van der Waals surface area contributed by atoms with Gasteiger partial charge in [0.25, 0.3) is 5.91 Å². The van der Waals surface area contributed by atoms with Gasteiger partial charge in [-0.2, -0.15) is 5.10 Å². The largest absolute Gasteiger partial charge is 0.306 e. The van der Waals surface area contributed by atoms with Gasteiger partial charge in [-0.25, -0.2) is 4.68 Å². The Labute approximate surface area is 263 Å². The molecule has 0 radical (unpaired) electrons. The predicted molar refractivity (Wildman–Crippen MR) is 174 cm³/mol. The Morgan fingerprint density at radius 2 is 1.58 bits per heavy atom. The second-order valence-electron chi connectivity index (χ2n) is 11.2. The number of hydrogen-bond donors (Lipinski definition) is 1. The van der Waals surface area contributed by atoms with Crippen LogP contribution in [-0.2, 0) is 5.41 Å². The molecule has 0 saturated heterocycles. The number of fused-ring (bicyclic) bond motifs is 1. The predicted octanol–water partition coefficient (Wildman–Crippen LogP) is 8.90. The van der Waals surface area contributed by atoms with Crippen LogP contribution in [0.1, 0.15) is 42.4 Å². The second kappa shape index (κ2) is 11.5. The van der Waals surface area contributed by atoms with Crippen LogP contribution in [0.3, 0.4) is 0 Å². The van der Waals surface area contributed by atoms with Crippen LogP contribution in [-0.4, -0.2) is 30.3 Å². The van der Waals surface area contributed by atoms with Crippen LogP contribution in [0, 0.1) is 6.92 Å². The molecule has 6 rings (SSSR count). The van der Waals surface area contributed by atoms with Crippen molar-refractivity contribution in [3.05, 3.63) is 118 Å². The zero-order valence-corrected chi connectivity index (χ0v) is 26.3. The van der Waals surface area contributed by atoms with Gasteiger partial charge >= 0.3 is 0 Å². The van der Waals surface area contributed by atoms with Crippen LogP contribution in [0.25, 0.3) is 22.7 Å². The average molecular weight is 628 g/mol. The molecular formula is C33H28Cl2N6OS. The van der Waals surface area contributed by atoms with Crippen molar-refractivity contribution >= 4 is 52.3 Å². The lowest BCUT2D eigenvalue weighted by Crippen LogP contribution is -2.15. The summed E-state index contributed by atoms with van der Waals surface area (Å²) in [6, 6.07) is 26.7. The lowest BCUT2D eigenvalue weighted by Gasteiger charge is -2.14. The van der Waals surface area contributed by atoms with Crippen molar-refractivity contribution in [2.24, 2.45) is 0 Å². The fraction of sp³-hybridized carbons (Fsp3) is 0.152. The number of halogens is 2. The molecule has 0 bridgehead atoms. The third kappa shape index (κ3) is 6.04. The molecule has 43 heavy (non-hydrogen) atoms. The van der Waals surface area contributed by atoms with Crippen LogP contribution in [0.2, 0.25) is 10.0 Å². The summed E-state index contributed by atoms with van der Waals surface area (Å²) in [7, 11) is 0. The summed E-state index contributed by atoms with van der Waals surface area (Å²) < 4.78 is 3.65. The third-order valence-electron chi connectivity index (χ3n) is 6.89.